The largest absolute Gasteiger partial charge is 0.351 e. The van der Waals surface area contributed by atoms with Gasteiger partial charge in [0.15, 0.2) is 0 Å². The Hall–Kier alpha value is -0.220. The van der Waals surface area contributed by atoms with Crippen LogP contribution in [0.5, 0.6) is 0 Å². The van der Waals surface area contributed by atoms with E-state index in [1.165, 1.54) is 0 Å². The summed E-state index contributed by atoms with van der Waals surface area (Å²) in [7, 11) is 0. The third-order valence-electron chi connectivity index (χ3n) is 1.39. The standard InChI is InChI=1S/C6H12N2OS/c1-4-2-10-3-5(7)6(9)8-4/h4-5H,2-3,7H2,1H3,(H,8,9). The van der Waals surface area contributed by atoms with Crippen LogP contribution in [-0.4, -0.2) is 29.5 Å². The summed E-state index contributed by atoms with van der Waals surface area (Å²) in [5.74, 6) is 1.70. The monoisotopic (exact) mass is 160 g/mol. The molecule has 0 aromatic rings. The molecule has 1 rings (SSSR count). The van der Waals surface area contributed by atoms with Gasteiger partial charge in [0.05, 0.1) is 6.04 Å². The third-order valence-corrected chi connectivity index (χ3v) is 2.72. The van der Waals surface area contributed by atoms with Gasteiger partial charge in [0, 0.05) is 17.5 Å². The summed E-state index contributed by atoms with van der Waals surface area (Å²) < 4.78 is 0. The lowest BCUT2D eigenvalue weighted by molar-refractivity contribution is -0.122. The van der Waals surface area contributed by atoms with Crippen molar-refractivity contribution >= 4 is 17.7 Å². The van der Waals surface area contributed by atoms with Crippen LogP contribution in [0.2, 0.25) is 0 Å². The van der Waals surface area contributed by atoms with Crippen molar-refractivity contribution in [1.29, 1.82) is 0 Å². The first kappa shape index (κ1) is 7.88. The normalized spacial score (nSPS) is 34.8. The average molecular weight is 160 g/mol. The summed E-state index contributed by atoms with van der Waals surface area (Å²) in [6.07, 6.45) is 0. The van der Waals surface area contributed by atoms with E-state index in [4.69, 9.17) is 5.73 Å². The summed E-state index contributed by atoms with van der Waals surface area (Å²) in [5, 5.41) is 2.81. The minimum absolute atomic E-state index is 0.0162. The lowest BCUT2D eigenvalue weighted by Crippen LogP contribution is -2.43. The van der Waals surface area contributed by atoms with E-state index in [2.05, 4.69) is 5.32 Å². The van der Waals surface area contributed by atoms with Crippen LogP contribution in [0.25, 0.3) is 0 Å². The third kappa shape index (κ3) is 1.88. The molecular weight excluding hydrogens is 148 g/mol. The molecule has 1 aliphatic heterocycles. The molecule has 0 aliphatic carbocycles. The molecule has 1 fully saturated rings. The first-order valence-electron chi connectivity index (χ1n) is 3.34. The van der Waals surface area contributed by atoms with Crippen LogP contribution in [0, 0.1) is 0 Å². The van der Waals surface area contributed by atoms with E-state index in [1.54, 1.807) is 11.8 Å². The van der Waals surface area contributed by atoms with Crippen molar-refractivity contribution in [3.63, 3.8) is 0 Å². The lowest BCUT2D eigenvalue weighted by Gasteiger charge is -2.08. The van der Waals surface area contributed by atoms with E-state index in [9.17, 15) is 4.79 Å². The van der Waals surface area contributed by atoms with Gasteiger partial charge in [-0.05, 0) is 6.92 Å². The fourth-order valence-electron chi connectivity index (χ4n) is 0.839. The van der Waals surface area contributed by atoms with Crippen LogP contribution in [0.15, 0.2) is 0 Å². The van der Waals surface area contributed by atoms with E-state index >= 15 is 0 Å². The van der Waals surface area contributed by atoms with E-state index < -0.39 is 0 Å². The topological polar surface area (TPSA) is 55.1 Å². The van der Waals surface area contributed by atoms with Crippen LogP contribution >= 0.6 is 11.8 Å². The van der Waals surface area contributed by atoms with Gasteiger partial charge in [-0.1, -0.05) is 0 Å². The lowest BCUT2D eigenvalue weighted by atomic mass is 10.3. The van der Waals surface area contributed by atoms with Crippen LogP contribution in [0.3, 0.4) is 0 Å². The van der Waals surface area contributed by atoms with Gasteiger partial charge in [-0.3, -0.25) is 4.79 Å². The molecule has 0 aromatic carbocycles. The Balaban J connectivity index is 2.49. The van der Waals surface area contributed by atoms with E-state index in [-0.39, 0.29) is 18.0 Å². The van der Waals surface area contributed by atoms with Gasteiger partial charge in [0.1, 0.15) is 0 Å². The SMILES string of the molecule is CC1CSCC(N)C(=O)N1. The van der Waals surface area contributed by atoms with E-state index in [0.29, 0.717) is 0 Å². The number of carbonyl (C=O) groups is 1. The second-order valence-corrected chi connectivity index (χ2v) is 3.63. The maximum atomic E-state index is 11.0. The van der Waals surface area contributed by atoms with Crippen LogP contribution in [0.4, 0.5) is 0 Å². The molecule has 4 heteroatoms. The Bertz CT molecular complexity index is 140. The average Bonchev–Trinajstić information content (AvgIpc) is 1.96. The van der Waals surface area contributed by atoms with Crippen molar-refractivity contribution in [3.8, 4) is 0 Å². The molecule has 1 saturated heterocycles. The Morgan fingerprint density at radius 1 is 1.70 bits per heavy atom. The Morgan fingerprint density at radius 3 is 3.10 bits per heavy atom. The highest BCUT2D eigenvalue weighted by atomic mass is 32.2. The van der Waals surface area contributed by atoms with Crippen LogP contribution in [0.1, 0.15) is 6.92 Å². The molecule has 3 nitrogen and oxygen atoms in total. The quantitative estimate of drug-likeness (QED) is 0.505. The summed E-state index contributed by atoms with van der Waals surface area (Å²) in [6, 6.07) is -0.0407. The molecule has 3 N–H and O–H groups in total. The summed E-state index contributed by atoms with van der Waals surface area (Å²) in [5.41, 5.74) is 5.51. The smallest absolute Gasteiger partial charge is 0.238 e. The zero-order chi connectivity index (χ0) is 7.56. The molecule has 0 aromatic heterocycles. The Labute approximate surface area is 64.7 Å². The van der Waals surface area contributed by atoms with Gasteiger partial charge in [-0.2, -0.15) is 11.8 Å². The Morgan fingerprint density at radius 2 is 2.40 bits per heavy atom. The van der Waals surface area contributed by atoms with Gasteiger partial charge in [-0.25, -0.2) is 0 Å². The molecule has 0 spiro atoms. The maximum Gasteiger partial charge on any atom is 0.238 e. The van der Waals surface area contributed by atoms with Crippen molar-refractivity contribution in [2.24, 2.45) is 5.73 Å². The number of nitrogens with two attached hydrogens (primary N) is 1. The predicted octanol–water partition coefficient (Wildman–Crippen LogP) is -0.435. The zero-order valence-corrected chi connectivity index (χ0v) is 6.78. The summed E-state index contributed by atoms with van der Waals surface area (Å²) in [6.45, 7) is 1.99. The van der Waals surface area contributed by atoms with Gasteiger partial charge in [0.25, 0.3) is 0 Å². The number of rotatable bonds is 0. The highest BCUT2D eigenvalue weighted by Gasteiger charge is 2.19. The second kappa shape index (κ2) is 3.25. The van der Waals surface area contributed by atoms with Crippen molar-refractivity contribution in [1.82, 2.24) is 5.32 Å². The van der Waals surface area contributed by atoms with Gasteiger partial charge < -0.3 is 11.1 Å². The maximum absolute atomic E-state index is 11.0. The molecule has 10 heavy (non-hydrogen) atoms. The van der Waals surface area contributed by atoms with E-state index in [0.717, 1.165) is 11.5 Å². The van der Waals surface area contributed by atoms with Gasteiger partial charge in [-0.15, -0.1) is 0 Å². The number of thioether (sulfide) groups is 1. The molecule has 0 bridgehead atoms. The van der Waals surface area contributed by atoms with Crippen LogP contribution < -0.4 is 11.1 Å². The first-order valence-corrected chi connectivity index (χ1v) is 4.49. The zero-order valence-electron chi connectivity index (χ0n) is 5.96. The number of amides is 1. The van der Waals surface area contributed by atoms with Gasteiger partial charge >= 0.3 is 0 Å². The minimum Gasteiger partial charge on any atom is -0.351 e. The van der Waals surface area contributed by atoms with E-state index in [1.807, 2.05) is 6.92 Å². The van der Waals surface area contributed by atoms with Gasteiger partial charge in [0.2, 0.25) is 5.91 Å². The molecule has 0 radical (unpaired) electrons. The molecule has 1 heterocycles. The molecule has 2 atom stereocenters. The number of hydrogen-bond donors (Lipinski definition) is 2. The fraction of sp³-hybridized carbons (Fsp3) is 0.833. The van der Waals surface area contributed by atoms with Crippen LogP contribution in [-0.2, 0) is 4.79 Å². The molecule has 58 valence electrons. The molecule has 1 amide bonds. The second-order valence-electron chi connectivity index (χ2n) is 2.55. The summed E-state index contributed by atoms with van der Waals surface area (Å²) >= 11 is 1.73. The highest BCUT2D eigenvalue weighted by Crippen LogP contribution is 2.08. The molecule has 2 unspecified atom stereocenters. The van der Waals surface area contributed by atoms with Crippen molar-refractivity contribution in [2.75, 3.05) is 11.5 Å². The van der Waals surface area contributed by atoms with Crippen molar-refractivity contribution in [2.45, 2.75) is 19.0 Å². The van der Waals surface area contributed by atoms with Crippen molar-refractivity contribution < 1.29 is 4.79 Å². The number of hydrogen-bond acceptors (Lipinski definition) is 3. The number of carbonyl (C=O) groups excluding carboxylic acids is 1. The fourth-order valence-corrected chi connectivity index (χ4v) is 1.82. The Kier molecular flexibility index (Phi) is 2.56. The highest BCUT2D eigenvalue weighted by molar-refractivity contribution is 7.99. The minimum atomic E-state index is -0.310. The van der Waals surface area contributed by atoms with Crippen molar-refractivity contribution in [3.05, 3.63) is 0 Å². The summed E-state index contributed by atoms with van der Waals surface area (Å²) in [4.78, 5) is 11.0. The molecule has 0 saturated carbocycles. The molecule has 1 aliphatic rings. The molecular formula is C6H12N2OS. The first-order chi connectivity index (χ1) is 4.70. The number of nitrogens with one attached hydrogen (secondary N) is 1. The predicted molar refractivity (Wildman–Crippen MR) is 42.9 cm³/mol.